The van der Waals surface area contributed by atoms with Crippen molar-refractivity contribution < 1.29 is 8.95 Å². The van der Waals surface area contributed by atoms with Crippen molar-refractivity contribution in [3.63, 3.8) is 0 Å². The summed E-state index contributed by atoms with van der Waals surface area (Å²) in [5.74, 6) is 0.654. The summed E-state index contributed by atoms with van der Waals surface area (Å²) >= 11 is 0. The standard InChI is InChI=1S/C12H23NO2S/c13-7-9-16(14)11-4-8-15-12(10-11)5-2-1-3-6-12/h11H,1-10,13H2. The van der Waals surface area contributed by atoms with Gasteiger partial charge in [-0.3, -0.25) is 4.21 Å². The highest BCUT2D eigenvalue weighted by atomic mass is 32.2. The number of rotatable bonds is 3. The van der Waals surface area contributed by atoms with Crippen LogP contribution in [0.15, 0.2) is 0 Å². The number of nitrogens with two attached hydrogens (primary N) is 1. The van der Waals surface area contributed by atoms with Gasteiger partial charge in [0, 0.05) is 35.0 Å². The Morgan fingerprint density at radius 1 is 1.31 bits per heavy atom. The molecule has 0 aromatic rings. The lowest BCUT2D eigenvalue weighted by Crippen LogP contribution is -2.45. The first kappa shape index (κ1) is 12.5. The third kappa shape index (κ3) is 2.84. The van der Waals surface area contributed by atoms with E-state index in [-0.39, 0.29) is 5.60 Å². The highest BCUT2D eigenvalue weighted by Crippen LogP contribution is 2.39. The molecule has 0 bridgehead atoms. The molecule has 1 saturated carbocycles. The van der Waals surface area contributed by atoms with Crippen LogP contribution in [0.2, 0.25) is 0 Å². The zero-order chi connectivity index (χ0) is 11.4. The van der Waals surface area contributed by atoms with Crippen molar-refractivity contribution in [1.29, 1.82) is 0 Å². The average molecular weight is 245 g/mol. The minimum Gasteiger partial charge on any atom is -0.375 e. The summed E-state index contributed by atoms with van der Waals surface area (Å²) < 4.78 is 18.0. The maximum absolute atomic E-state index is 12.0. The van der Waals surface area contributed by atoms with Crippen molar-refractivity contribution >= 4 is 10.8 Å². The predicted octanol–water partition coefficient (Wildman–Crippen LogP) is 1.58. The molecule has 2 N–H and O–H groups in total. The van der Waals surface area contributed by atoms with Gasteiger partial charge >= 0.3 is 0 Å². The number of ether oxygens (including phenoxy) is 1. The molecule has 2 fully saturated rings. The zero-order valence-electron chi connectivity index (χ0n) is 9.95. The Balaban J connectivity index is 1.94. The van der Waals surface area contributed by atoms with Crippen LogP contribution in [0, 0.1) is 0 Å². The lowest BCUT2D eigenvalue weighted by molar-refractivity contribution is -0.0975. The molecule has 1 aliphatic heterocycles. The van der Waals surface area contributed by atoms with E-state index in [1.807, 2.05) is 0 Å². The maximum atomic E-state index is 12.0. The Labute approximate surface area is 101 Å². The monoisotopic (exact) mass is 245 g/mol. The fourth-order valence-corrected chi connectivity index (χ4v) is 4.45. The van der Waals surface area contributed by atoms with E-state index >= 15 is 0 Å². The molecule has 3 nitrogen and oxygen atoms in total. The maximum Gasteiger partial charge on any atom is 0.0694 e. The summed E-state index contributed by atoms with van der Waals surface area (Å²) in [5, 5.41) is 0.329. The van der Waals surface area contributed by atoms with E-state index < -0.39 is 10.8 Å². The summed E-state index contributed by atoms with van der Waals surface area (Å²) in [6.45, 7) is 1.33. The van der Waals surface area contributed by atoms with Crippen LogP contribution in [0.3, 0.4) is 0 Å². The van der Waals surface area contributed by atoms with Crippen LogP contribution in [-0.2, 0) is 15.5 Å². The fraction of sp³-hybridized carbons (Fsp3) is 1.00. The molecular formula is C12H23NO2S. The Hall–Kier alpha value is 0.0700. The van der Waals surface area contributed by atoms with Gasteiger partial charge in [0.2, 0.25) is 0 Å². The third-order valence-electron chi connectivity index (χ3n) is 3.90. The third-order valence-corrected chi connectivity index (χ3v) is 5.69. The Morgan fingerprint density at radius 2 is 2.06 bits per heavy atom. The van der Waals surface area contributed by atoms with Gasteiger partial charge in [0.1, 0.15) is 0 Å². The molecule has 1 saturated heterocycles. The summed E-state index contributed by atoms with van der Waals surface area (Å²) in [6.07, 6.45) is 8.18. The molecule has 0 radical (unpaired) electrons. The van der Waals surface area contributed by atoms with Gasteiger partial charge in [0.05, 0.1) is 5.60 Å². The van der Waals surface area contributed by atoms with Crippen molar-refractivity contribution in [2.75, 3.05) is 18.9 Å². The zero-order valence-corrected chi connectivity index (χ0v) is 10.8. The van der Waals surface area contributed by atoms with E-state index in [4.69, 9.17) is 10.5 Å². The molecule has 4 heteroatoms. The van der Waals surface area contributed by atoms with Crippen LogP contribution in [0.1, 0.15) is 44.9 Å². The van der Waals surface area contributed by atoms with Crippen molar-refractivity contribution in [2.24, 2.45) is 5.73 Å². The Kier molecular flexibility index (Phi) is 4.39. The van der Waals surface area contributed by atoms with Gasteiger partial charge in [-0.15, -0.1) is 0 Å². The van der Waals surface area contributed by atoms with E-state index in [9.17, 15) is 4.21 Å². The van der Waals surface area contributed by atoms with Crippen LogP contribution in [0.25, 0.3) is 0 Å². The van der Waals surface area contributed by atoms with Gasteiger partial charge in [-0.05, 0) is 25.7 Å². The van der Waals surface area contributed by atoms with Crippen molar-refractivity contribution in [2.45, 2.75) is 55.8 Å². The smallest absolute Gasteiger partial charge is 0.0694 e. The second-order valence-corrected chi connectivity index (χ2v) is 6.92. The van der Waals surface area contributed by atoms with Crippen LogP contribution in [0.4, 0.5) is 0 Å². The summed E-state index contributed by atoms with van der Waals surface area (Å²) in [5.41, 5.74) is 5.56. The molecule has 1 heterocycles. The Bertz CT molecular complexity index is 246. The van der Waals surface area contributed by atoms with Crippen LogP contribution in [-0.4, -0.2) is 34.0 Å². The largest absolute Gasteiger partial charge is 0.375 e. The first-order valence-electron chi connectivity index (χ1n) is 6.47. The van der Waals surface area contributed by atoms with Crippen LogP contribution in [0.5, 0.6) is 0 Å². The average Bonchev–Trinajstić information content (AvgIpc) is 2.30. The summed E-state index contributed by atoms with van der Waals surface area (Å²) in [6, 6.07) is 0. The van der Waals surface area contributed by atoms with Crippen LogP contribution < -0.4 is 5.73 Å². The van der Waals surface area contributed by atoms with Crippen molar-refractivity contribution in [3.05, 3.63) is 0 Å². The van der Waals surface area contributed by atoms with Gasteiger partial charge in [0.25, 0.3) is 0 Å². The molecule has 0 aromatic heterocycles. The second-order valence-electron chi connectivity index (χ2n) is 5.08. The Morgan fingerprint density at radius 3 is 2.75 bits per heavy atom. The lowest BCUT2D eigenvalue weighted by Gasteiger charge is -2.43. The van der Waals surface area contributed by atoms with Gasteiger partial charge in [-0.2, -0.15) is 0 Å². The van der Waals surface area contributed by atoms with E-state index in [2.05, 4.69) is 0 Å². The molecule has 16 heavy (non-hydrogen) atoms. The molecule has 0 aromatic carbocycles. The lowest BCUT2D eigenvalue weighted by atomic mass is 9.80. The topological polar surface area (TPSA) is 52.3 Å². The van der Waals surface area contributed by atoms with E-state index in [0.717, 1.165) is 19.4 Å². The van der Waals surface area contributed by atoms with E-state index in [0.29, 0.717) is 17.5 Å². The molecule has 2 atom stereocenters. The minimum absolute atomic E-state index is 0.0748. The molecule has 1 spiro atoms. The fourth-order valence-electron chi connectivity index (χ4n) is 3.03. The summed E-state index contributed by atoms with van der Waals surface area (Å²) in [7, 11) is -0.739. The van der Waals surface area contributed by atoms with Gasteiger partial charge < -0.3 is 10.5 Å². The van der Waals surface area contributed by atoms with Crippen molar-refractivity contribution in [1.82, 2.24) is 0 Å². The number of hydrogen-bond donors (Lipinski definition) is 1. The molecule has 0 amide bonds. The van der Waals surface area contributed by atoms with Gasteiger partial charge in [0.15, 0.2) is 0 Å². The molecule has 1 aliphatic carbocycles. The molecule has 94 valence electrons. The van der Waals surface area contributed by atoms with Gasteiger partial charge in [-0.25, -0.2) is 0 Å². The van der Waals surface area contributed by atoms with Gasteiger partial charge in [-0.1, -0.05) is 19.3 Å². The van der Waals surface area contributed by atoms with Crippen molar-refractivity contribution in [3.8, 4) is 0 Å². The predicted molar refractivity (Wildman–Crippen MR) is 66.9 cm³/mol. The number of hydrogen-bond acceptors (Lipinski definition) is 3. The normalized spacial score (nSPS) is 31.4. The first-order chi connectivity index (χ1) is 7.76. The molecule has 2 rings (SSSR count). The minimum atomic E-state index is -0.739. The van der Waals surface area contributed by atoms with Crippen LogP contribution >= 0.6 is 0 Å². The first-order valence-corrected chi connectivity index (χ1v) is 7.85. The van der Waals surface area contributed by atoms with E-state index in [1.165, 1.54) is 32.1 Å². The second kappa shape index (κ2) is 5.61. The highest BCUT2D eigenvalue weighted by Gasteiger charge is 2.39. The molecule has 2 aliphatic rings. The quantitative estimate of drug-likeness (QED) is 0.821. The SMILES string of the molecule is NCCS(=O)C1CCOC2(CCCCC2)C1. The van der Waals surface area contributed by atoms with E-state index in [1.54, 1.807) is 0 Å². The highest BCUT2D eigenvalue weighted by molar-refractivity contribution is 7.85. The summed E-state index contributed by atoms with van der Waals surface area (Å²) in [4.78, 5) is 0. The molecule has 2 unspecified atom stereocenters. The molecular weight excluding hydrogens is 222 g/mol.